The maximum Gasteiger partial charge on any atom is 0.263 e. The van der Waals surface area contributed by atoms with Crippen LogP contribution in [0.2, 0.25) is 0 Å². The van der Waals surface area contributed by atoms with E-state index in [4.69, 9.17) is 0 Å². The Kier molecular flexibility index (Phi) is 7.02. The van der Waals surface area contributed by atoms with E-state index in [0.717, 1.165) is 49.2 Å². The van der Waals surface area contributed by atoms with Gasteiger partial charge >= 0.3 is 0 Å². The fraction of sp³-hybridized carbons (Fsp3) is 0.500. The van der Waals surface area contributed by atoms with E-state index in [1.807, 2.05) is 30.3 Å². The first kappa shape index (κ1) is 22.0. The fourth-order valence-electron chi connectivity index (χ4n) is 4.40. The van der Waals surface area contributed by atoms with Crippen molar-refractivity contribution in [2.45, 2.75) is 57.2 Å². The second-order valence-corrected chi connectivity index (χ2v) is 9.67. The predicted octanol–water partition coefficient (Wildman–Crippen LogP) is 4.91. The van der Waals surface area contributed by atoms with Crippen molar-refractivity contribution in [2.24, 2.45) is 0 Å². The van der Waals surface area contributed by atoms with Gasteiger partial charge in [0.1, 0.15) is 11.0 Å². The Hall–Kier alpha value is -2.25. The summed E-state index contributed by atoms with van der Waals surface area (Å²) < 4.78 is 14.5. The fourth-order valence-corrected chi connectivity index (χ4v) is 5.40. The summed E-state index contributed by atoms with van der Waals surface area (Å²) >= 11 is 1.34. The van der Waals surface area contributed by atoms with E-state index < -0.39 is 6.17 Å². The summed E-state index contributed by atoms with van der Waals surface area (Å²) in [6, 6.07) is 8.30. The second-order valence-electron chi connectivity index (χ2n) is 8.61. The Balaban J connectivity index is 1.45. The number of halogens is 1. The average Bonchev–Trinajstić information content (AvgIpc) is 3.40. The third-order valence-corrected chi connectivity index (χ3v) is 7.32. The molecule has 1 aromatic carbocycles. The van der Waals surface area contributed by atoms with Crippen molar-refractivity contribution in [3.05, 3.63) is 52.1 Å². The average molecular weight is 443 g/mol. The van der Waals surface area contributed by atoms with Gasteiger partial charge in [0.2, 0.25) is 0 Å². The zero-order chi connectivity index (χ0) is 21.8. The minimum Gasteiger partial charge on any atom is -0.361 e. The van der Waals surface area contributed by atoms with Crippen molar-refractivity contribution < 1.29 is 9.18 Å². The predicted molar refractivity (Wildman–Crippen MR) is 125 cm³/mol. The molecule has 2 aromatic heterocycles. The van der Waals surface area contributed by atoms with Crippen molar-refractivity contribution in [1.82, 2.24) is 20.2 Å². The van der Waals surface area contributed by atoms with Crippen LogP contribution in [0.3, 0.4) is 0 Å². The van der Waals surface area contributed by atoms with Crippen LogP contribution in [0.4, 0.5) is 4.39 Å². The molecule has 3 unspecified atom stereocenters. The van der Waals surface area contributed by atoms with Crippen LogP contribution < -0.4 is 5.32 Å². The van der Waals surface area contributed by atoms with Gasteiger partial charge in [0.15, 0.2) is 0 Å². The Morgan fingerprint density at radius 1 is 1.42 bits per heavy atom. The number of unbranched alkanes of at least 4 members (excludes halogenated alkanes) is 1. The topological polar surface area (TPSA) is 61.0 Å². The number of aromatic amines is 1. The van der Waals surface area contributed by atoms with Crippen molar-refractivity contribution >= 4 is 28.1 Å². The highest BCUT2D eigenvalue weighted by Gasteiger charge is 2.31. The van der Waals surface area contributed by atoms with E-state index in [9.17, 15) is 9.18 Å². The lowest BCUT2D eigenvalue weighted by molar-refractivity contribution is 0.0938. The van der Waals surface area contributed by atoms with E-state index in [2.05, 4.69) is 34.3 Å². The SMILES string of the molecule is CCCCC(Cc1c[nH]c2ccccc12)NC(=O)c1cnc(C2CCN(C)CC2F)s1. The van der Waals surface area contributed by atoms with E-state index in [1.165, 1.54) is 22.3 Å². The van der Waals surface area contributed by atoms with Gasteiger partial charge in [-0.3, -0.25) is 4.79 Å². The molecule has 5 nitrogen and oxygen atoms in total. The summed E-state index contributed by atoms with van der Waals surface area (Å²) in [5.74, 6) is -0.308. The first-order valence-electron chi connectivity index (χ1n) is 11.2. The number of carbonyl (C=O) groups excluding carboxylic acids is 1. The summed E-state index contributed by atoms with van der Waals surface area (Å²) in [6.45, 7) is 3.44. The summed E-state index contributed by atoms with van der Waals surface area (Å²) in [7, 11) is 1.94. The van der Waals surface area contributed by atoms with Crippen LogP contribution in [0.25, 0.3) is 10.9 Å². The number of amides is 1. The van der Waals surface area contributed by atoms with Gasteiger partial charge in [-0.2, -0.15) is 0 Å². The van der Waals surface area contributed by atoms with Crippen molar-refractivity contribution in [2.75, 3.05) is 20.1 Å². The van der Waals surface area contributed by atoms with E-state index in [0.29, 0.717) is 11.4 Å². The first-order chi connectivity index (χ1) is 15.0. The highest BCUT2D eigenvalue weighted by atomic mass is 32.1. The van der Waals surface area contributed by atoms with Gasteiger partial charge in [0.05, 0.1) is 11.2 Å². The van der Waals surface area contributed by atoms with E-state index in [1.54, 1.807) is 6.20 Å². The highest BCUT2D eigenvalue weighted by Crippen LogP contribution is 2.32. The lowest BCUT2D eigenvalue weighted by atomic mass is 9.96. The molecule has 2 N–H and O–H groups in total. The number of likely N-dealkylation sites (tertiary alicyclic amines) is 1. The van der Waals surface area contributed by atoms with Crippen LogP contribution >= 0.6 is 11.3 Å². The molecule has 1 amide bonds. The van der Waals surface area contributed by atoms with Gasteiger partial charge < -0.3 is 15.2 Å². The van der Waals surface area contributed by atoms with Crippen molar-refractivity contribution in [3.8, 4) is 0 Å². The molecule has 0 bridgehead atoms. The third kappa shape index (κ3) is 5.15. The molecule has 1 aliphatic heterocycles. The van der Waals surface area contributed by atoms with Crippen LogP contribution in [-0.4, -0.2) is 53.1 Å². The molecule has 7 heteroatoms. The zero-order valence-corrected chi connectivity index (χ0v) is 19.1. The Morgan fingerprint density at radius 3 is 3.06 bits per heavy atom. The molecule has 0 spiro atoms. The standard InChI is InChI=1S/C24H31FN4OS/c1-3-4-7-17(12-16-13-26-21-9-6-5-8-18(16)21)28-23(30)22-14-27-24(31-22)19-10-11-29(2)15-20(19)25/h5-6,8-9,13-14,17,19-20,26H,3-4,7,10-12,15H2,1-2H3,(H,28,30). The number of hydrogen-bond acceptors (Lipinski definition) is 4. The minimum atomic E-state index is -0.931. The van der Waals surface area contributed by atoms with Crippen LogP contribution in [0.15, 0.2) is 36.7 Å². The molecule has 1 fully saturated rings. The number of benzene rings is 1. The molecule has 31 heavy (non-hydrogen) atoms. The molecule has 3 heterocycles. The number of piperidine rings is 1. The van der Waals surface area contributed by atoms with Gasteiger partial charge in [-0.1, -0.05) is 38.0 Å². The number of alkyl halides is 1. The van der Waals surface area contributed by atoms with Crippen LogP contribution in [0.5, 0.6) is 0 Å². The quantitative estimate of drug-likeness (QED) is 0.521. The molecule has 4 rings (SSSR count). The monoisotopic (exact) mass is 442 g/mol. The number of fused-ring (bicyclic) bond motifs is 1. The molecule has 0 saturated carbocycles. The summed E-state index contributed by atoms with van der Waals surface area (Å²) in [5, 5.41) is 5.17. The number of nitrogens with zero attached hydrogens (tertiary/aromatic N) is 2. The lowest BCUT2D eigenvalue weighted by Gasteiger charge is -2.30. The number of carbonyl (C=O) groups is 1. The number of para-hydroxylation sites is 1. The third-order valence-electron chi connectivity index (χ3n) is 6.19. The Bertz CT molecular complexity index is 1020. The van der Waals surface area contributed by atoms with Crippen LogP contribution in [0.1, 0.15) is 58.8 Å². The largest absolute Gasteiger partial charge is 0.361 e. The molecular formula is C24H31FN4OS. The number of H-pyrrole nitrogens is 1. The Morgan fingerprint density at radius 2 is 2.26 bits per heavy atom. The summed E-state index contributed by atoms with van der Waals surface area (Å²) in [5.41, 5.74) is 2.33. The molecular weight excluding hydrogens is 411 g/mol. The molecule has 166 valence electrons. The molecule has 3 atom stereocenters. The number of nitrogens with one attached hydrogen (secondary N) is 2. The number of hydrogen-bond donors (Lipinski definition) is 2. The van der Waals surface area contributed by atoms with Gasteiger partial charge in [-0.15, -0.1) is 11.3 Å². The molecule has 1 aliphatic rings. The molecule has 0 aliphatic carbocycles. The van der Waals surface area contributed by atoms with Gasteiger partial charge in [0.25, 0.3) is 5.91 Å². The van der Waals surface area contributed by atoms with Crippen molar-refractivity contribution in [3.63, 3.8) is 0 Å². The van der Waals surface area contributed by atoms with Crippen LogP contribution in [0, 0.1) is 0 Å². The highest BCUT2D eigenvalue weighted by molar-refractivity contribution is 7.13. The minimum absolute atomic E-state index is 0.0504. The Labute approximate surface area is 187 Å². The first-order valence-corrected chi connectivity index (χ1v) is 12.0. The normalized spacial score (nSPS) is 20.7. The molecule has 0 radical (unpaired) electrons. The maximum absolute atomic E-state index is 14.5. The van der Waals surface area contributed by atoms with E-state index in [-0.39, 0.29) is 17.9 Å². The molecule has 1 saturated heterocycles. The number of rotatable bonds is 8. The molecule has 3 aromatic rings. The maximum atomic E-state index is 14.5. The number of aromatic nitrogens is 2. The number of thiazole rings is 1. The zero-order valence-electron chi connectivity index (χ0n) is 18.2. The van der Waals surface area contributed by atoms with Gasteiger partial charge in [0, 0.05) is 35.6 Å². The summed E-state index contributed by atoms with van der Waals surface area (Å²) in [6.07, 6.45) is 7.31. The summed E-state index contributed by atoms with van der Waals surface area (Å²) in [4.78, 5) is 23.3. The van der Waals surface area contributed by atoms with E-state index >= 15 is 0 Å². The van der Waals surface area contributed by atoms with Gasteiger partial charge in [-0.05, 0) is 44.5 Å². The smallest absolute Gasteiger partial charge is 0.263 e. The lowest BCUT2D eigenvalue weighted by Crippen LogP contribution is -2.38. The van der Waals surface area contributed by atoms with Gasteiger partial charge in [-0.25, -0.2) is 9.37 Å². The van der Waals surface area contributed by atoms with Crippen molar-refractivity contribution in [1.29, 1.82) is 0 Å². The second kappa shape index (κ2) is 9.92. The van der Waals surface area contributed by atoms with Crippen LogP contribution in [-0.2, 0) is 6.42 Å².